The fourth-order valence-corrected chi connectivity index (χ4v) is 2.07. The fourth-order valence-electron chi connectivity index (χ4n) is 0.544. The number of hydrogen-bond donors (Lipinski definition) is 0. The van der Waals surface area contributed by atoms with Crippen LogP contribution < -0.4 is 0 Å². The molecule has 0 saturated heterocycles. The molecule has 0 N–H and O–H groups in total. The van der Waals surface area contributed by atoms with E-state index in [1.54, 1.807) is 23.1 Å². The molecule has 1 rings (SSSR count). The molecular weight excluding hydrogens is 275 g/mol. The molecule has 0 saturated carbocycles. The SMILES string of the molecule is CSC(I)=Cc1cccs1. The summed E-state index contributed by atoms with van der Waals surface area (Å²) in [7, 11) is 0. The van der Waals surface area contributed by atoms with Crippen LogP contribution in [0.1, 0.15) is 4.88 Å². The van der Waals surface area contributed by atoms with E-state index in [1.807, 2.05) is 0 Å². The van der Waals surface area contributed by atoms with Crippen LogP contribution >= 0.6 is 45.7 Å². The molecule has 0 fully saturated rings. The van der Waals surface area contributed by atoms with E-state index in [9.17, 15) is 0 Å². The minimum absolute atomic E-state index is 1.33. The van der Waals surface area contributed by atoms with Crippen LogP contribution in [0.15, 0.2) is 20.4 Å². The lowest BCUT2D eigenvalue weighted by Crippen LogP contribution is -1.58. The molecule has 0 atom stereocenters. The summed E-state index contributed by atoms with van der Waals surface area (Å²) in [6.07, 6.45) is 4.28. The first-order valence-corrected chi connectivity index (χ1v) is 5.96. The van der Waals surface area contributed by atoms with E-state index < -0.39 is 0 Å². The number of rotatable bonds is 2. The van der Waals surface area contributed by atoms with E-state index in [0.717, 1.165) is 0 Å². The maximum Gasteiger partial charge on any atom is 0.0468 e. The zero-order valence-electron chi connectivity index (χ0n) is 5.50. The zero-order valence-corrected chi connectivity index (χ0v) is 9.29. The van der Waals surface area contributed by atoms with Gasteiger partial charge < -0.3 is 0 Å². The van der Waals surface area contributed by atoms with Crippen molar-refractivity contribution in [2.75, 3.05) is 6.26 Å². The van der Waals surface area contributed by atoms with E-state index in [2.05, 4.69) is 52.4 Å². The number of thiophene rings is 1. The van der Waals surface area contributed by atoms with Gasteiger partial charge in [0.25, 0.3) is 0 Å². The van der Waals surface area contributed by atoms with Crippen molar-refractivity contribution in [1.82, 2.24) is 0 Å². The van der Waals surface area contributed by atoms with Gasteiger partial charge in [-0.25, -0.2) is 0 Å². The van der Waals surface area contributed by atoms with Gasteiger partial charge in [0.2, 0.25) is 0 Å². The van der Waals surface area contributed by atoms with Gasteiger partial charge in [0.1, 0.15) is 0 Å². The molecule has 1 aromatic rings. The summed E-state index contributed by atoms with van der Waals surface area (Å²) < 4.78 is 1.33. The highest BCUT2D eigenvalue weighted by molar-refractivity contribution is 14.1. The lowest BCUT2D eigenvalue weighted by molar-refractivity contribution is 1.96. The Balaban J connectivity index is 2.71. The molecule has 1 aromatic heterocycles. The Morgan fingerprint density at radius 3 is 3.10 bits per heavy atom. The topological polar surface area (TPSA) is 0 Å². The average Bonchev–Trinajstić information content (AvgIpc) is 2.40. The highest BCUT2D eigenvalue weighted by Crippen LogP contribution is 2.24. The van der Waals surface area contributed by atoms with Gasteiger partial charge >= 0.3 is 0 Å². The Morgan fingerprint density at radius 2 is 2.60 bits per heavy atom. The highest BCUT2D eigenvalue weighted by atomic mass is 127. The molecule has 0 aliphatic heterocycles. The smallest absolute Gasteiger partial charge is 0.0468 e. The van der Waals surface area contributed by atoms with Crippen LogP contribution in [0.4, 0.5) is 0 Å². The molecule has 3 heteroatoms. The first kappa shape index (κ1) is 8.62. The summed E-state index contributed by atoms with van der Waals surface area (Å²) in [6, 6.07) is 4.19. The number of thioether (sulfide) groups is 1. The molecule has 0 aliphatic rings. The third-order valence-corrected chi connectivity index (χ3v) is 3.95. The quantitative estimate of drug-likeness (QED) is 0.743. The van der Waals surface area contributed by atoms with Crippen LogP contribution in [0.5, 0.6) is 0 Å². The minimum atomic E-state index is 1.33. The van der Waals surface area contributed by atoms with Gasteiger partial charge in [-0.1, -0.05) is 6.07 Å². The summed E-state index contributed by atoms with van der Waals surface area (Å²) >= 11 is 5.89. The summed E-state index contributed by atoms with van der Waals surface area (Å²) in [5, 5.41) is 2.09. The van der Waals surface area contributed by atoms with Crippen LogP contribution in [0.3, 0.4) is 0 Å². The summed E-state index contributed by atoms with van der Waals surface area (Å²) in [4.78, 5) is 1.33. The van der Waals surface area contributed by atoms with E-state index in [0.29, 0.717) is 0 Å². The molecule has 0 radical (unpaired) electrons. The first-order valence-electron chi connectivity index (χ1n) is 2.77. The summed E-state index contributed by atoms with van der Waals surface area (Å²) in [5.74, 6) is 0. The Hall–Kier alpha value is 0.520. The lowest BCUT2D eigenvalue weighted by atomic mass is 10.5. The number of hydrogen-bond acceptors (Lipinski definition) is 2. The third kappa shape index (κ3) is 2.64. The maximum atomic E-state index is 2.34. The van der Waals surface area contributed by atoms with Crippen molar-refractivity contribution < 1.29 is 0 Å². The molecule has 0 bridgehead atoms. The Morgan fingerprint density at radius 1 is 1.80 bits per heavy atom. The molecule has 0 aromatic carbocycles. The molecule has 0 spiro atoms. The van der Waals surface area contributed by atoms with E-state index in [4.69, 9.17) is 0 Å². The predicted octanol–water partition coefficient (Wildman–Crippen LogP) is 3.84. The summed E-state index contributed by atoms with van der Waals surface area (Å²) in [6.45, 7) is 0. The second kappa shape index (κ2) is 4.41. The van der Waals surface area contributed by atoms with Crippen molar-refractivity contribution in [2.24, 2.45) is 0 Å². The molecule has 10 heavy (non-hydrogen) atoms. The van der Waals surface area contributed by atoms with E-state index in [1.165, 1.54) is 7.79 Å². The van der Waals surface area contributed by atoms with Gasteiger partial charge in [0, 0.05) is 7.79 Å². The van der Waals surface area contributed by atoms with Crippen LogP contribution in [0, 0.1) is 0 Å². The molecular formula is C7H7IS2. The minimum Gasteiger partial charge on any atom is -0.144 e. The second-order valence-corrected chi connectivity index (χ2v) is 5.39. The van der Waals surface area contributed by atoms with Crippen molar-refractivity contribution in [3.8, 4) is 0 Å². The van der Waals surface area contributed by atoms with Gasteiger partial charge in [-0.2, -0.15) is 0 Å². The van der Waals surface area contributed by atoms with Crippen molar-refractivity contribution in [3.05, 3.63) is 25.3 Å². The first-order chi connectivity index (χ1) is 4.83. The van der Waals surface area contributed by atoms with Gasteiger partial charge in [-0.05, 0) is 46.4 Å². The van der Waals surface area contributed by atoms with Crippen molar-refractivity contribution >= 4 is 51.8 Å². The van der Waals surface area contributed by atoms with Crippen molar-refractivity contribution in [2.45, 2.75) is 0 Å². The molecule has 0 nitrogen and oxygen atoms in total. The zero-order chi connectivity index (χ0) is 7.40. The normalized spacial score (nSPS) is 12.0. The Kier molecular flexibility index (Phi) is 3.80. The largest absolute Gasteiger partial charge is 0.144 e. The maximum absolute atomic E-state index is 2.34. The lowest BCUT2D eigenvalue weighted by Gasteiger charge is -1.88. The Labute approximate surface area is 82.9 Å². The molecule has 0 unspecified atom stereocenters. The summed E-state index contributed by atoms with van der Waals surface area (Å²) in [5.41, 5.74) is 0. The third-order valence-electron chi connectivity index (χ3n) is 0.994. The van der Waals surface area contributed by atoms with Crippen LogP contribution in [0.2, 0.25) is 0 Å². The van der Waals surface area contributed by atoms with Gasteiger partial charge in [-0.15, -0.1) is 23.1 Å². The molecule has 0 amide bonds. The average molecular weight is 282 g/mol. The van der Waals surface area contributed by atoms with Gasteiger partial charge in [0.05, 0.1) is 0 Å². The molecule has 54 valence electrons. The van der Waals surface area contributed by atoms with Crippen LogP contribution in [-0.2, 0) is 0 Å². The van der Waals surface area contributed by atoms with Crippen molar-refractivity contribution in [3.63, 3.8) is 0 Å². The number of halogens is 1. The van der Waals surface area contributed by atoms with Crippen LogP contribution in [0.25, 0.3) is 6.08 Å². The van der Waals surface area contributed by atoms with Crippen molar-refractivity contribution in [1.29, 1.82) is 0 Å². The fraction of sp³-hybridized carbons (Fsp3) is 0.143. The van der Waals surface area contributed by atoms with Gasteiger partial charge in [0.15, 0.2) is 0 Å². The van der Waals surface area contributed by atoms with Gasteiger partial charge in [-0.3, -0.25) is 0 Å². The predicted molar refractivity (Wildman–Crippen MR) is 59.8 cm³/mol. The highest BCUT2D eigenvalue weighted by Gasteiger charge is 1.89. The molecule has 0 aliphatic carbocycles. The second-order valence-electron chi connectivity index (χ2n) is 1.67. The Bertz CT molecular complexity index is 214. The molecule has 1 heterocycles. The monoisotopic (exact) mass is 282 g/mol. The van der Waals surface area contributed by atoms with E-state index >= 15 is 0 Å². The van der Waals surface area contributed by atoms with E-state index in [-0.39, 0.29) is 0 Å². The van der Waals surface area contributed by atoms with Crippen LogP contribution in [-0.4, -0.2) is 6.26 Å². The standard InChI is InChI=1S/C7H7IS2/c1-9-7(8)5-6-3-2-4-10-6/h2-5H,1H3.